The van der Waals surface area contributed by atoms with Crippen LogP contribution in [0, 0.1) is 0 Å². The molecule has 1 amide bonds. The summed E-state index contributed by atoms with van der Waals surface area (Å²) in [7, 11) is 0. The van der Waals surface area contributed by atoms with Crippen molar-refractivity contribution in [3.63, 3.8) is 0 Å². The van der Waals surface area contributed by atoms with Crippen molar-refractivity contribution in [2.45, 2.75) is 11.8 Å². The quantitative estimate of drug-likeness (QED) is 0.826. The molecular weight excluding hydrogens is 244 g/mol. The molecule has 14 heavy (non-hydrogen) atoms. The molecule has 0 saturated heterocycles. The van der Waals surface area contributed by atoms with E-state index in [2.05, 4.69) is 0 Å². The summed E-state index contributed by atoms with van der Waals surface area (Å²) in [5.74, 6) is -0.553. The van der Waals surface area contributed by atoms with Gasteiger partial charge in [-0.15, -0.1) is 11.6 Å². The molecule has 1 unspecified atom stereocenters. The Labute approximate surface area is 96.9 Å². The van der Waals surface area contributed by atoms with Crippen LogP contribution in [0.5, 0.6) is 0 Å². The topological polar surface area (TPSA) is 43.1 Å². The first-order valence-electron chi connectivity index (χ1n) is 3.87. The molecule has 0 spiro atoms. The third kappa shape index (κ3) is 3.37. The summed E-state index contributed by atoms with van der Waals surface area (Å²) < 4.78 is 0. The van der Waals surface area contributed by atoms with Crippen molar-refractivity contribution in [3.05, 3.63) is 33.8 Å². The summed E-state index contributed by atoms with van der Waals surface area (Å²) in [6.45, 7) is 0. The first-order chi connectivity index (χ1) is 6.49. The Morgan fingerprint density at radius 1 is 1.29 bits per heavy atom. The van der Waals surface area contributed by atoms with Crippen LogP contribution in [-0.2, 0) is 11.2 Å². The van der Waals surface area contributed by atoms with E-state index in [0.717, 1.165) is 5.56 Å². The van der Waals surface area contributed by atoms with Gasteiger partial charge in [0.2, 0.25) is 5.91 Å². The lowest BCUT2D eigenvalue weighted by molar-refractivity contribution is -0.117. The molecule has 0 aromatic heterocycles. The van der Waals surface area contributed by atoms with E-state index < -0.39 is 11.3 Å². The van der Waals surface area contributed by atoms with Crippen LogP contribution >= 0.6 is 34.8 Å². The lowest BCUT2D eigenvalue weighted by Gasteiger charge is -2.06. The lowest BCUT2D eigenvalue weighted by atomic mass is 10.1. The predicted molar refractivity (Wildman–Crippen MR) is 59.0 cm³/mol. The van der Waals surface area contributed by atoms with Gasteiger partial charge in [-0.05, 0) is 30.2 Å². The molecule has 0 heterocycles. The van der Waals surface area contributed by atoms with Crippen LogP contribution in [0.25, 0.3) is 0 Å². The Kier molecular flexibility index (Phi) is 4.05. The Hall–Kier alpha value is -0.440. The minimum Gasteiger partial charge on any atom is -0.368 e. The van der Waals surface area contributed by atoms with Crippen LogP contribution < -0.4 is 5.73 Å². The highest BCUT2D eigenvalue weighted by Crippen LogP contribution is 2.20. The molecule has 2 nitrogen and oxygen atoms in total. The van der Waals surface area contributed by atoms with Gasteiger partial charge in [-0.1, -0.05) is 23.2 Å². The molecule has 0 bridgehead atoms. The van der Waals surface area contributed by atoms with Crippen LogP contribution in [0.1, 0.15) is 5.56 Å². The lowest BCUT2D eigenvalue weighted by Crippen LogP contribution is -2.25. The van der Waals surface area contributed by atoms with E-state index in [9.17, 15) is 4.79 Å². The molecule has 2 N–H and O–H groups in total. The number of carbonyl (C=O) groups is 1. The molecule has 0 fully saturated rings. The molecule has 0 aliphatic heterocycles. The molecule has 0 saturated carbocycles. The Morgan fingerprint density at radius 3 is 2.21 bits per heavy atom. The fourth-order valence-corrected chi connectivity index (χ4v) is 1.79. The Balaban J connectivity index is 2.81. The van der Waals surface area contributed by atoms with Crippen molar-refractivity contribution in [1.82, 2.24) is 0 Å². The van der Waals surface area contributed by atoms with E-state index in [1.54, 1.807) is 18.2 Å². The molecule has 5 heteroatoms. The molecule has 1 rings (SSSR count). The van der Waals surface area contributed by atoms with Gasteiger partial charge < -0.3 is 5.73 Å². The second kappa shape index (κ2) is 4.87. The first kappa shape index (κ1) is 11.6. The summed E-state index contributed by atoms with van der Waals surface area (Å²) in [4.78, 5) is 10.7. The molecule has 1 aromatic carbocycles. The number of alkyl halides is 1. The fourth-order valence-electron chi connectivity index (χ4n) is 1.04. The molecule has 0 aliphatic carbocycles. The Morgan fingerprint density at radius 2 is 1.79 bits per heavy atom. The second-order valence-electron chi connectivity index (χ2n) is 2.85. The number of amides is 1. The molecule has 0 aliphatic rings. The van der Waals surface area contributed by atoms with Crippen LogP contribution in [0.3, 0.4) is 0 Å². The van der Waals surface area contributed by atoms with Crippen molar-refractivity contribution >= 4 is 40.7 Å². The highest BCUT2D eigenvalue weighted by molar-refractivity contribution is 6.34. The van der Waals surface area contributed by atoms with Gasteiger partial charge in [-0.3, -0.25) is 4.79 Å². The standard InChI is InChI=1S/C9H8Cl3NO/c10-6-1-5(2-7(11)4-6)3-8(12)9(13)14/h1-2,4,8H,3H2,(H2,13,14). The van der Waals surface area contributed by atoms with E-state index >= 15 is 0 Å². The van der Waals surface area contributed by atoms with Gasteiger partial charge in [-0.2, -0.15) is 0 Å². The first-order valence-corrected chi connectivity index (χ1v) is 5.06. The monoisotopic (exact) mass is 251 g/mol. The third-order valence-corrected chi connectivity index (χ3v) is 2.45. The Bertz CT molecular complexity index is 334. The summed E-state index contributed by atoms with van der Waals surface area (Å²) in [5, 5.41) is 0.297. The maximum Gasteiger partial charge on any atom is 0.235 e. The van der Waals surface area contributed by atoms with Crippen molar-refractivity contribution in [2.24, 2.45) is 5.73 Å². The van der Waals surface area contributed by atoms with Gasteiger partial charge in [0.05, 0.1) is 0 Å². The number of carbonyl (C=O) groups excluding carboxylic acids is 1. The van der Waals surface area contributed by atoms with Gasteiger partial charge in [0.1, 0.15) is 5.38 Å². The zero-order valence-corrected chi connectivity index (χ0v) is 9.40. The number of hydrogen-bond acceptors (Lipinski definition) is 1. The molecule has 0 radical (unpaired) electrons. The summed E-state index contributed by atoms with van der Waals surface area (Å²) >= 11 is 17.2. The normalized spacial score (nSPS) is 12.5. The second-order valence-corrected chi connectivity index (χ2v) is 4.25. The van der Waals surface area contributed by atoms with Gasteiger partial charge in [0.15, 0.2) is 0 Å². The van der Waals surface area contributed by atoms with Gasteiger partial charge in [0, 0.05) is 10.0 Å². The smallest absolute Gasteiger partial charge is 0.235 e. The van der Waals surface area contributed by atoms with Crippen molar-refractivity contribution in [3.8, 4) is 0 Å². The van der Waals surface area contributed by atoms with Crippen molar-refractivity contribution < 1.29 is 4.79 Å². The maximum atomic E-state index is 10.7. The van der Waals surface area contributed by atoms with E-state index in [1.807, 2.05) is 0 Å². The molecule has 1 atom stereocenters. The number of primary amides is 1. The van der Waals surface area contributed by atoms with Gasteiger partial charge >= 0.3 is 0 Å². The summed E-state index contributed by atoms with van der Waals surface area (Å²) in [5.41, 5.74) is 5.82. The van der Waals surface area contributed by atoms with Crippen molar-refractivity contribution in [1.29, 1.82) is 0 Å². The number of halogens is 3. The molecule has 76 valence electrons. The number of hydrogen-bond donors (Lipinski definition) is 1. The maximum absolute atomic E-state index is 10.7. The van der Waals surface area contributed by atoms with E-state index in [0.29, 0.717) is 16.5 Å². The highest BCUT2D eigenvalue weighted by Gasteiger charge is 2.12. The number of rotatable bonds is 3. The molecular formula is C9H8Cl3NO. The average Bonchev–Trinajstić information content (AvgIpc) is 2.01. The third-order valence-electron chi connectivity index (χ3n) is 1.65. The summed E-state index contributed by atoms with van der Waals surface area (Å²) in [6.07, 6.45) is 0.331. The number of benzene rings is 1. The predicted octanol–water partition coefficient (Wildman–Crippen LogP) is 2.63. The zero-order valence-electron chi connectivity index (χ0n) is 7.14. The zero-order chi connectivity index (χ0) is 10.7. The largest absolute Gasteiger partial charge is 0.368 e. The van der Waals surface area contributed by atoms with Crippen LogP contribution in [0.4, 0.5) is 0 Å². The minimum atomic E-state index is -0.732. The number of nitrogens with two attached hydrogens (primary N) is 1. The van der Waals surface area contributed by atoms with E-state index in [4.69, 9.17) is 40.5 Å². The summed E-state index contributed by atoms with van der Waals surface area (Å²) in [6, 6.07) is 5.01. The van der Waals surface area contributed by atoms with E-state index in [1.165, 1.54) is 0 Å². The fraction of sp³-hybridized carbons (Fsp3) is 0.222. The molecule has 1 aromatic rings. The minimum absolute atomic E-state index is 0.331. The van der Waals surface area contributed by atoms with Crippen LogP contribution in [0.2, 0.25) is 10.0 Å². The van der Waals surface area contributed by atoms with Gasteiger partial charge in [0.25, 0.3) is 0 Å². The van der Waals surface area contributed by atoms with Crippen LogP contribution in [-0.4, -0.2) is 11.3 Å². The average molecular weight is 253 g/mol. The van der Waals surface area contributed by atoms with E-state index in [-0.39, 0.29) is 0 Å². The van der Waals surface area contributed by atoms with Gasteiger partial charge in [-0.25, -0.2) is 0 Å². The van der Waals surface area contributed by atoms with Crippen molar-refractivity contribution in [2.75, 3.05) is 0 Å². The highest BCUT2D eigenvalue weighted by atomic mass is 35.5. The SMILES string of the molecule is NC(=O)C(Cl)Cc1cc(Cl)cc(Cl)c1. The van der Waals surface area contributed by atoms with Crippen LogP contribution in [0.15, 0.2) is 18.2 Å².